The molecule has 31 heavy (non-hydrogen) atoms. The van der Waals surface area contributed by atoms with Gasteiger partial charge in [-0.05, 0) is 98.2 Å². The predicted octanol–water partition coefficient (Wildman–Crippen LogP) is 8.09. The summed E-state index contributed by atoms with van der Waals surface area (Å²) in [5.41, 5.74) is 4.00. The maximum atomic E-state index is 5.70. The van der Waals surface area contributed by atoms with E-state index in [-0.39, 0.29) is 0 Å². The molecular weight excluding hydrogens is 376 g/mol. The largest absolute Gasteiger partial charge is 0.494 e. The molecule has 0 radical (unpaired) electrons. The Morgan fingerprint density at radius 3 is 2.29 bits per heavy atom. The van der Waals surface area contributed by atoms with E-state index >= 15 is 0 Å². The summed E-state index contributed by atoms with van der Waals surface area (Å²) in [6.07, 6.45) is 15.5. The van der Waals surface area contributed by atoms with E-state index in [1.807, 2.05) is 0 Å². The van der Waals surface area contributed by atoms with Gasteiger partial charge >= 0.3 is 0 Å². The van der Waals surface area contributed by atoms with E-state index in [1.54, 1.807) is 0 Å². The maximum absolute atomic E-state index is 5.70. The molecule has 0 unspecified atom stereocenters. The van der Waals surface area contributed by atoms with Crippen molar-refractivity contribution < 1.29 is 4.74 Å². The Balaban J connectivity index is 1.42. The van der Waals surface area contributed by atoms with Crippen molar-refractivity contribution in [1.29, 1.82) is 0 Å². The summed E-state index contributed by atoms with van der Waals surface area (Å²) in [6, 6.07) is 17.5. The average Bonchev–Trinajstić information content (AvgIpc) is 2.82. The lowest BCUT2D eigenvalue weighted by molar-refractivity contribution is 0.317. The van der Waals surface area contributed by atoms with Gasteiger partial charge in [-0.25, -0.2) is 0 Å². The molecule has 0 spiro atoms. The van der Waals surface area contributed by atoms with Crippen LogP contribution in [0.25, 0.3) is 0 Å². The van der Waals surface area contributed by atoms with E-state index in [4.69, 9.17) is 4.74 Å². The Labute approximate surface area is 189 Å². The molecule has 0 saturated heterocycles. The molecule has 0 heterocycles. The third kappa shape index (κ3) is 7.95. The first-order chi connectivity index (χ1) is 15.3. The molecule has 0 amide bonds. The molecule has 1 nitrogen and oxygen atoms in total. The average molecular weight is 415 g/mol. The van der Waals surface area contributed by atoms with Gasteiger partial charge in [0.1, 0.15) is 5.75 Å². The number of aryl methyl sites for hydroxylation is 1. The van der Waals surface area contributed by atoms with Crippen molar-refractivity contribution in [3.8, 4) is 17.6 Å². The number of allylic oxidation sites excluding steroid dienone is 2. The highest BCUT2D eigenvalue weighted by Crippen LogP contribution is 2.36. The summed E-state index contributed by atoms with van der Waals surface area (Å²) in [7, 11) is 0. The van der Waals surface area contributed by atoms with Crippen LogP contribution in [0.4, 0.5) is 0 Å². The lowest BCUT2D eigenvalue weighted by atomic mass is 9.78. The summed E-state index contributed by atoms with van der Waals surface area (Å²) in [5.74, 6) is 8.87. The number of hydrogen-bond donors (Lipinski definition) is 0. The van der Waals surface area contributed by atoms with Crippen LogP contribution in [0.2, 0.25) is 0 Å². The highest BCUT2D eigenvalue weighted by Gasteiger charge is 2.20. The van der Waals surface area contributed by atoms with Crippen molar-refractivity contribution in [2.75, 3.05) is 6.61 Å². The van der Waals surface area contributed by atoms with Crippen LogP contribution in [0.3, 0.4) is 0 Å². The molecule has 1 aliphatic rings. The van der Waals surface area contributed by atoms with E-state index in [9.17, 15) is 0 Å². The standard InChI is InChI=1S/C30H38O/c1-3-5-6-9-25-12-14-26(15-13-25)10-7-8-11-27-16-18-28(19-17-27)29-20-22-30(23-21-29)31-24-4-2/h8,11-15,20-23,27-28H,3-6,9,16-19,24H2,1-2H3. The van der Waals surface area contributed by atoms with Crippen molar-refractivity contribution in [3.63, 3.8) is 0 Å². The van der Waals surface area contributed by atoms with Crippen LogP contribution in [0.5, 0.6) is 5.75 Å². The van der Waals surface area contributed by atoms with Gasteiger partial charge in [-0.2, -0.15) is 0 Å². The smallest absolute Gasteiger partial charge is 0.119 e. The molecule has 0 aromatic heterocycles. The van der Waals surface area contributed by atoms with Gasteiger partial charge in [-0.3, -0.25) is 0 Å². The van der Waals surface area contributed by atoms with Gasteiger partial charge < -0.3 is 4.74 Å². The molecule has 1 aliphatic carbocycles. The Morgan fingerprint density at radius 2 is 1.61 bits per heavy atom. The van der Waals surface area contributed by atoms with Crippen LogP contribution in [-0.4, -0.2) is 6.61 Å². The second kappa shape index (κ2) is 13.1. The highest BCUT2D eigenvalue weighted by molar-refractivity contribution is 5.38. The van der Waals surface area contributed by atoms with Crippen LogP contribution in [-0.2, 0) is 6.42 Å². The van der Waals surface area contributed by atoms with Crippen molar-refractivity contribution >= 4 is 0 Å². The fraction of sp³-hybridized carbons (Fsp3) is 0.467. The number of hydrogen-bond acceptors (Lipinski definition) is 1. The third-order valence-corrected chi connectivity index (χ3v) is 6.29. The fourth-order valence-electron chi connectivity index (χ4n) is 4.34. The lowest BCUT2D eigenvalue weighted by Crippen LogP contribution is -2.11. The number of ether oxygens (including phenoxy) is 1. The van der Waals surface area contributed by atoms with Crippen molar-refractivity contribution in [1.82, 2.24) is 0 Å². The molecule has 0 N–H and O–H groups in total. The molecule has 0 bridgehead atoms. The van der Waals surface area contributed by atoms with Crippen LogP contribution in [0.15, 0.2) is 60.7 Å². The molecule has 164 valence electrons. The predicted molar refractivity (Wildman–Crippen MR) is 133 cm³/mol. The van der Waals surface area contributed by atoms with Gasteiger partial charge in [-0.1, -0.05) is 68.9 Å². The fourth-order valence-corrected chi connectivity index (χ4v) is 4.34. The van der Waals surface area contributed by atoms with E-state index < -0.39 is 0 Å². The van der Waals surface area contributed by atoms with Gasteiger partial charge in [-0.15, -0.1) is 0 Å². The number of benzene rings is 2. The van der Waals surface area contributed by atoms with Gasteiger partial charge in [0.2, 0.25) is 0 Å². The molecule has 3 rings (SSSR count). The van der Waals surface area contributed by atoms with Crippen molar-refractivity contribution in [3.05, 3.63) is 77.4 Å². The Bertz CT molecular complexity index is 840. The van der Waals surface area contributed by atoms with E-state index in [0.29, 0.717) is 11.8 Å². The molecular formula is C30H38O. The highest BCUT2D eigenvalue weighted by atomic mass is 16.5. The van der Waals surface area contributed by atoms with Crippen LogP contribution in [0.1, 0.15) is 87.8 Å². The molecule has 1 saturated carbocycles. The zero-order valence-electron chi connectivity index (χ0n) is 19.4. The van der Waals surface area contributed by atoms with Gasteiger partial charge in [0.15, 0.2) is 0 Å². The SMILES string of the molecule is CCCCCc1ccc(C#CC=CC2CCC(c3ccc(OCCC)cc3)CC2)cc1. The first-order valence-electron chi connectivity index (χ1n) is 12.3. The van der Waals surface area contributed by atoms with Crippen LogP contribution < -0.4 is 4.74 Å². The second-order valence-electron chi connectivity index (χ2n) is 8.81. The molecule has 1 heteroatoms. The zero-order chi connectivity index (χ0) is 21.7. The van der Waals surface area contributed by atoms with Crippen molar-refractivity contribution in [2.24, 2.45) is 5.92 Å². The maximum Gasteiger partial charge on any atom is 0.119 e. The van der Waals surface area contributed by atoms with Gasteiger partial charge in [0.25, 0.3) is 0 Å². The first kappa shape index (κ1) is 23.2. The quantitative estimate of drug-likeness (QED) is 0.297. The van der Waals surface area contributed by atoms with E-state index in [2.05, 4.69) is 86.4 Å². The third-order valence-electron chi connectivity index (χ3n) is 6.29. The molecule has 2 aromatic carbocycles. The summed E-state index contributed by atoms with van der Waals surface area (Å²) in [4.78, 5) is 0. The normalized spacial score (nSPS) is 18.5. The number of unbranched alkanes of at least 4 members (excludes halogenated alkanes) is 2. The molecule has 2 aromatic rings. The molecule has 0 atom stereocenters. The molecule has 0 aliphatic heterocycles. The van der Waals surface area contributed by atoms with Crippen LogP contribution in [0, 0.1) is 17.8 Å². The van der Waals surface area contributed by atoms with Crippen molar-refractivity contribution in [2.45, 2.75) is 77.6 Å². The minimum absolute atomic E-state index is 0.665. The Morgan fingerprint density at radius 1 is 0.871 bits per heavy atom. The summed E-state index contributed by atoms with van der Waals surface area (Å²) < 4.78 is 5.70. The minimum atomic E-state index is 0.665. The Kier molecular flexibility index (Phi) is 9.78. The Hall–Kier alpha value is -2.46. The summed E-state index contributed by atoms with van der Waals surface area (Å²) in [5, 5.41) is 0. The summed E-state index contributed by atoms with van der Waals surface area (Å²) >= 11 is 0. The molecule has 1 fully saturated rings. The van der Waals surface area contributed by atoms with Crippen LogP contribution >= 0.6 is 0 Å². The zero-order valence-corrected chi connectivity index (χ0v) is 19.4. The van der Waals surface area contributed by atoms with E-state index in [1.165, 1.54) is 62.5 Å². The topological polar surface area (TPSA) is 9.23 Å². The van der Waals surface area contributed by atoms with E-state index in [0.717, 1.165) is 24.3 Å². The minimum Gasteiger partial charge on any atom is -0.494 e. The monoisotopic (exact) mass is 414 g/mol. The van der Waals surface area contributed by atoms with Gasteiger partial charge in [0, 0.05) is 5.56 Å². The summed E-state index contributed by atoms with van der Waals surface area (Å²) in [6.45, 7) is 5.18. The first-order valence-corrected chi connectivity index (χ1v) is 12.3. The number of rotatable bonds is 9. The second-order valence-corrected chi connectivity index (χ2v) is 8.81. The van der Waals surface area contributed by atoms with Gasteiger partial charge in [0.05, 0.1) is 6.61 Å². The lowest BCUT2D eigenvalue weighted by Gasteiger charge is -2.27.